The van der Waals surface area contributed by atoms with E-state index < -0.39 is 0 Å². The van der Waals surface area contributed by atoms with E-state index in [4.69, 9.17) is 9.72 Å². The molecule has 2 aromatic rings. The maximum absolute atomic E-state index is 5.67. The minimum absolute atomic E-state index is 0.0472. The number of hydrogen-bond donors (Lipinski definition) is 0. The molecule has 1 aromatic carbocycles. The molecule has 1 aliphatic heterocycles. The molecule has 1 atom stereocenters. The van der Waals surface area contributed by atoms with Crippen molar-refractivity contribution in [3.63, 3.8) is 0 Å². The zero-order valence-corrected chi connectivity index (χ0v) is 13.0. The van der Waals surface area contributed by atoms with Crippen LogP contribution in [0.25, 0.3) is 10.9 Å². The average Bonchev–Trinajstić information content (AvgIpc) is 2.70. The van der Waals surface area contributed by atoms with Gasteiger partial charge in [-0.1, -0.05) is 24.3 Å². The first-order chi connectivity index (χ1) is 10.2. The van der Waals surface area contributed by atoms with Gasteiger partial charge in [0.05, 0.1) is 16.8 Å². The van der Waals surface area contributed by atoms with Gasteiger partial charge in [0.25, 0.3) is 0 Å². The van der Waals surface area contributed by atoms with E-state index in [0.717, 1.165) is 43.7 Å². The van der Waals surface area contributed by atoms with Crippen LogP contribution in [0.1, 0.15) is 31.9 Å². The van der Waals surface area contributed by atoms with Gasteiger partial charge in [-0.2, -0.15) is 0 Å². The van der Waals surface area contributed by atoms with Crippen molar-refractivity contribution in [2.45, 2.75) is 38.3 Å². The van der Waals surface area contributed by atoms with E-state index in [1.54, 1.807) is 0 Å². The van der Waals surface area contributed by atoms with Crippen molar-refractivity contribution in [1.29, 1.82) is 0 Å². The van der Waals surface area contributed by atoms with Crippen LogP contribution in [0.2, 0.25) is 0 Å². The number of ether oxygens (including phenoxy) is 1. The zero-order valence-electron chi connectivity index (χ0n) is 13.0. The van der Waals surface area contributed by atoms with Crippen molar-refractivity contribution in [2.24, 2.45) is 0 Å². The van der Waals surface area contributed by atoms with Gasteiger partial charge in [-0.3, -0.25) is 9.88 Å². The highest BCUT2D eigenvalue weighted by Crippen LogP contribution is 2.25. The first-order valence-corrected chi connectivity index (χ1v) is 7.81. The molecule has 2 heterocycles. The van der Waals surface area contributed by atoms with Crippen molar-refractivity contribution in [3.05, 3.63) is 42.1 Å². The fourth-order valence-corrected chi connectivity index (χ4v) is 3.10. The number of methoxy groups -OCH3 is 1. The second kappa shape index (κ2) is 6.12. The molecule has 1 saturated heterocycles. The zero-order chi connectivity index (χ0) is 14.7. The Morgan fingerprint density at radius 2 is 2.00 bits per heavy atom. The lowest BCUT2D eigenvalue weighted by molar-refractivity contribution is -0.00585. The molecule has 3 rings (SSSR count). The average molecular weight is 284 g/mol. The smallest absolute Gasteiger partial charge is 0.0705 e. The predicted molar refractivity (Wildman–Crippen MR) is 86.3 cm³/mol. The maximum Gasteiger partial charge on any atom is 0.0705 e. The molecule has 0 saturated carbocycles. The minimum Gasteiger partial charge on any atom is -0.378 e. The largest absolute Gasteiger partial charge is 0.378 e. The Bertz CT molecular complexity index is 613. The lowest BCUT2D eigenvalue weighted by Crippen LogP contribution is -2.30. The summed E-state index contributed by atoms with van der Waals surface area (Å²) in [5, 5.41) is 1.21. The lowest BCUT2D eigenvalue weighted by Gasteiger charge is -2.26. The summed E-state index contributed by atoms with van der Waals surface area (Å²) in [6.45, 7) is 5.38. The molecule has 1 fully saturated rings. The third kappa shape index (κ3) is 3.42. The van der Waals surface area contributed by atoms with E-state index in [2.05, 4.69) is 48.2 Å². The summed E-state index contributed by atoms with van der Waals surface area (Å²) < 4.78 is 5.67. The van der Waals surface area contributed by atoms with Gasteiger partial charge in [0.1, 0.15) is 0 Å². The molecule has 0 radical (unpaired) electrons. The van der Waals surface area contributed by atoms with Crippen molar-refractivity contribution in [2.75, 3.05) is 20.2 Å². The molecule has 1 unspecified atom stereocenters. The van der Waals surface area contributed by atoms with Gasteiger partial charge < -0.3 is 4.74 Å². The van der Waals surface area contributed by atoms with Gasteiger partial charge >= 0.3 is 0 Å². The van der Waals surface area contributed by atoms with Gasteiger partial charge in [-0.15, -0.1) is 0 Å². The third-order valence-electron chi connectivity index (χ3n) is 4.67. The number of para-hydroxylation sites is 1. The molecule has 3 heteroatoms. The van der Waals surface area contributed by atoms with Gasteiger partial charge in [0.2, 0.25) is 0 Å². The van der Waals surface area contributed by atoms with Crippen molar-refractivity contribution in [3.8, 4) is 0 Å². The molecule has 112 valence electrons. The summed E-state index contributed by atoms with van der Waals surface area (Å²) in [7, 11) is 1.83. The topological polar surface area (TPSA) is 25.4 Å². The fourth-order valence-electron chi connectivity index (χ4n) is 3.10. The quantitative estimate of drug-likeness (QED) is 0.860. The number of nitrogens with zero attached hydrogens (tertiary/aromatic N) is 2. The molecule has 0 spiro atoms. The van der Waals surface area contributed by atoms with Crippen LogP contribution < -0.4 is 0 Å². The second-order valence-electron chi connectivity index (χ2n) is 6.28. The molecular formula is C18H24N2O. The molecule has 0 bridgehead atoms. The molecule has 0 N–H and O–H groups in total. The molecule has 21 heavy (non-hydrogen) atoms. The van der Waals surface area contributed by atoms with Crippen molar-refractivity contribution in [1.82, 2.24) is 9.88 Å². The Morgan fingerprint density at radius 1 is 1.14 bits per heavy atom. The van der Waals surface area contributed by atoms with Crippen LogP contribution in [0.3, 0.4) is 0 Å². The maximum atomic E-state index is 5.67. The summed E-state index contributed by atoms with van der Waals surface area (Å²) in [5.41, 5.74) is 2.30. The third-order valence-corrected chi connectivity index (χ3v) is 4.67. The highest BCUT2D eigenvalue weighted by Gasteiger charge is 2.27. The fraction of sp³-hybridized carbons (Fsp3) is 0.500. The SMILES string of the molecule is COC1(C)CCCN(Cc2ccc3ccccc3n2)CC1. The predicted octanol–water partition coefficient (Wildman–Crippen LogP) is 3.63. The van der Waals surface area contributed by atoms with E-state index in [1.807, 2.05) is 7.11 Å². The lowest BCUT2D eigenvalue weighted by atomic mass is 9.97. The first kappa shape index (κ1) is 14.5. The summed E-state index contributed by atoms with van der Waals surface area (Å²) in [6.07, 6.45) is 3.43. The summed E-state index contributed by atoms with van der Waals surface area (Å²) in [4.78, 5) is 7.28. The Kier molecular flexibility index (Phi) is 4.22. The van der Waals surface area contributed by atoms with Gasteiger partial charge in [-0.05, 0) is 44.9 Å². The molecule has 0 aliphatic carbocycles. The van der Waals surface area contributed by atoms with Crippen LogP contribution >= 0.6 is 0 Å². The minimum atomic E-state index is 0.0472. The van der Waals surface area contributed by atoms with Gasteiger partial charge in [0.15, 0.2) is 0 Å². The molecule has 1 aromatic heterocycles. The van der Waals surface area contributed by atoms with Crippen LogP contribution in [-0.4, -0.2) is 35.7 Å². The summed E-state index contributed by atoms with van der Waals surface area (Å²) >= 11 is 0. The van der Waals surface area contributed by atoms with Gasteiger partial charge in [0, 0.05) is 25.6 Å². The molecule has 1 aliphatic rings. The second-order valence-corrected chi connectivity index (χ2v) is 6.28. The monoisotopic (exact) mass is 284 g/mol. The number of fused-ring (bicyclic) bond motifs is 1. The Balaban J connectivity index is 1.70. The molecule has 0 amide bonds. The van der Waals surface area contributed by atoms with E-state index in [-0.39, 0.29) is 5.60 Å². The Hall–Kier alpha value is -1.45. The number of pyridine rings is 1. The van der Waals surface area contributed by atoms with E-state index in [1.165, 1.54) is 11.8 Å². The number of benzene rings is 1. The van der Waals surface area contributed by atoms with Gasteiger partial charge in [-0.25, -0.2) is 0 Å². The number of rotatable bonds is 3. The van der Waals surface area contributed by atoms with Crippen LogP contribution in [-0.2, 0) is 11.3 Å². The Labute approximate surface area is 126 Å². The van der Waals surface area contributed by atoms with Crippen molar-refractivity contribution < 1.29 is 4.74 Å². The highest BCUT2D eigenvalue weighted by atomic mass is 16.5. The first-order valence-electron chi connectivity index (χ1n) is 7.81. The number of likely N-dealkylation sites (tertiary alicyclic amines) is 1. The summed E-state index contributed by atoms with van der Waals surface area (Å²) in [6, 6.07) is 12.6. The van der Waals surface area contributed by atoms with Crippen LogP contribution in [0.5, 0.6) is 0 Å². The number of hydrogen-bond acceptors (Lipinski definition) is 3. The Morgan fingerprint density at radius 3 is 2.86 bits per heavy atom. The van der Waals surface area contributed by atoms with E-state index in [9.17, 15) is 0 Å². The van der Waals surface area contributed by atoms with Crippen molar-refractivity contribution >= 4 is 10.9 Å². The van der Waals surface area contributed by atoms with Crippen LogP contribution in [0.15, 0.2) is 36.4 Å². The molecule has 3 nitrogen and oxygen atoms in total. The summed E-state index contributed by atoms with van der Waals surface area (Å²) in [5.74, 6) is 0. The highest BCUT2D eigenvalue weighted by molar-refractivity contribution is 5.78. The standard InChI is InChI=1S/C18H24N2O/c1-18(21-2)10-5-12-20(13-11-18)14-16-9-8-15-6-3-4-7-17(15)19-16/h3-4,6-9H,5,10-14H2,1-2H3. The van der Waals surface area contributed by atoms with Crippen LogP contribution in [0, 0.1) is 0 Å². The normalized spacial score (nSPS) is 24.1. The van der Waals surface area contributed by atoms with E-state index in [0.29, 0.717) is 0 Å². The van der Waals surface area contributed by atoms with E-state index >= 15 is 0 Å². The number of aromatic nitrogens is 1. The molecular weight excluding hydrogens is 260 g/mol. The van der Waals surface area contributed by atoms with Crippen LogP contribution in [0.4, 0.5) is 0 Å².